The number of nitrogens with zero attached hydrogens (tertiary/aromatic N) is 1. The predicted molar refractivity (Wildman–Crippen MR) is 76.8 cm³/mol. The highest BCUT2D eigenvalue weighted by molar-refractivity contribution is 5.35. The third kappa shape index (κ3) is 2.67. The second-order valence-corrected chi connectivity index (χ2v) is 6.12. The second-order valence-electron chi connectivity index (χ2n) is 6.12. The molecule has 3 rings (SSSR count). The normalized spacial score (nSPS) is 27.5. The number of aryl methyl sites for hydroxylation is 1. The zero-order valence-electron chi connectivity index (χ0n) is 11.5. The van der Waals surface area contributed by atoms with Crippen LogP contribution in [0.2, 0.25) is 0 Å². The highest BCUT2D eigenvalue weighted by atomic mass is 15.0. The molecule has 0 heterocycles. The standard InChI is InChI=1S/C17H22N2/c18-13-17(19-16-8-2-1-3-9-16)11-10-14-6-4-5-7-15(14)12-17/h4-7,16,19H,1-3,8-12H2. The molecule has 1 saturated carbocycles. The third-order valence-electron chi connectivity index (χ3n) is 4.73. The minimum Gasteiger partial charge on any atom is -0.296 e. The van der Waals surface area contributed by atoms with Crippen molar-refractivity contribution in [1.29, 1.82) is 5.26 Å². The first-order chi connectivity index (χ1) is 9.31. The lowest BCUT2D eigenvalue weighted by Gasteiger charge is -2.37. The van der Waals surface area contributed by atoms with Gasteiger partial charge in [-0.3, -0.25) is 5.32 Å². The van der Waals surface area contributed by atoms with Gasteiger partial charge in [-0.25, -0.2) is 0 Å². The van der Waals surface area contributed by atoms with Crippen molar-refractivity contribution >= 4 is 0 Å². The number of hydrogen-bond acceptors (Lipinski definition) is 2. The fourth-order valence-electron chi connectivity index (χ4n) is 3.62. The molecule has 19 heavy (non-hydrogen) atoms. The molecule has 1 atom stereocenters. The van der Waals surface area contributed by atoms with E-state index in [9.17, 15) is 5.26 Å². The molecule has 0 saturated heterocycles. The van der Waals surface area contributed by atoms with Crippen molar-refractivity contribution in [3.8, 4) is 6.07 Å². The lowest BCUT2D eigenvalue weighted by molar-refractivity contribution is 0.273. The fourth-order valence-corrected chi connectivity index (χ4v) is 3.62. The highest BCUT2D eigenvalue weighted by Gasteiger charge is 2.36. The van der Waals surface area contributed by atoms with Crippen molar-refractivity contribution in [3.63, 3.8) is 0 Å². The summed E-state index contributed by atoms with van der Waals surface area (Å²) in [7, 11) is 0. The summed E-state index contributed by atoms with van der Waals surface area (Å²) in [6, 6.07) is 11.7. The van der Waals surface area contributed by atoms with E-state index in [0.29, 0.717) is 6.04 Å². The Labute approximate surface area is 115 Å². The summed E-state index contributed by atoms with van der Waals surface area (Å²) in [5.41, 5.74) is 2.47. The zero-order chi connectivity index (χ0) is 13.1. The summed E-state index contributed by atoms with van der Waals surface area (Å²) in [4.78, 5) is 0. The molecule has 2 aliphatic carbocycles. The van der Waals surface area contributed by atoms with Gasteiger partial charge in [0.05, 0.1) is 6.07 Å². The molecule has 1 N–H and O–H groups in total. The van der Waals surface area contributed by atoms with Crippen LogP contribution in [0.15, 0.2) is 24.3 Å². The Kier molecular flexibility index (Phi) is 3.57. The molecule has 2 nitrogen and oxygen atoms in total. The molecule has 0 aliphatic heterocycles. The molecule has 1 aromatic rings. The Morgan fingerprint density at radius 1 is 1.11 bits per heavy atom. The molecule has 1 unspecified atom stereocenters. The average Bonchev–Trinajstić information content (AvgIpc) is 2.48. The summed E-state index contributed by atoms with van der Waals surface area (Å²) in [5.74, 6) is 0. The number of fused-ring (bicyclic) bond motifs is 1. The first-order valence-corrected chi connectivity index (χ1v) is 7.57. The van der Waals surface area contributed by atoms with E-state index in [4.69, 9.17) is 0 Å². The van der Waals surface area contributed by atoms with Gasteiger partial charge in [0.25, 0.3) is 0 Å². The van der Waals surface area contributed by atoms with E-state index < -0.39 is 0 Å². The van der Waals surface area contributed by atoms with Gasteiger partial charge >= 0.3 is 0 Å². The van der Waals surface area contributed by atoms with Crippen molar-refractivity contribution in [2.45, 2.75) is 62.9 Å². The van der Waals surface area contributed by atoms with Crippen LogP contribution >= 0.6 is 0 Å². The SMILES string of the molecule is N#CC1(NC2CCCCC2)CCc2ccccc2C1. The smallest absolute Gasteiger partial charge is 0.111 e. The van der Waals surface area contributed by atoms with Gasteiger partial charge in [0, 0.05) is 12.5 Å². The number of benzene rings is 1. The van der Waals surface area contributed by atoms with Gasteiger partial charge in [0.15, 0.2) is 0 Å². The van der Waals surface area contributed by atoms with Crippen LogP contribution < -0.4 is 5.32 Å². The Balaban J connectivity index is 1.76. The van der Waals surface area contributed by atoms with E-state index in [0.717, 1.165) is 19.3 Å². The van der Waals surface area contributed by atoms with Crippen molar-refractivity contribution < 1.29 is 0 Å². The highest BCUT2D eigenvalue weighted by Crippen LogP contribution is 2.30. The number of rotatable bonds is 2. The van der Waals surface area contributed by atoms with Gasteiger partial charge in [-0.05, 0) is 36.8 Å². The molecule has 2 aliphatic rings. The lowest BCUT2D eigenvalue weighted by atomic mass is 9.77. The van der Waals surface area contributed by atoms with Gasteiger partial charge < -0.3 is 0 Å². The molecule has 0 spiro atoms. The molecular weight excluding hydrogens is 232 g/mol. The zero-order valence-corrected chi connectivity index (χ0v) is 11.5. The van der Waals surface area contributed by atoms with E-state index in [2.05, 4.69) is 35.7 Å². The average molecular weight is 254 g/mol. The monoisotopic (exact) mass is 254 g/mol. The molecule has 2 heteroatoms. The van der Waals surface area contributed by atoms with Crippen LogP contribution in [0.4, 0.5) is 0 Å². The largest absolute Gasteiger partial charge is 0.296 e. The minimum absolute atomic E-state index is 0.323. The Morgan fingerprint density at radius 2 is 1.84 bits per heavy atom. The Morgan fingerprint density at radius 3 is 2.58 bits per heavy atom. The van der Waals surface area contributed by atoms with Crippen LogP contribution in [0.3, 0.4) is 0 Å². The molecular formula is C17H22N2. The molecule has 0 bridgehead atoms. The number of nitrogens with one attached hydrogen (secondary N) is 1. The summed E-state index contributed by atoms with van der Waals surface area (Å²) in [5, 5.41) is 13.4. The molecule has 1 aromatic carbocycles. The van der Waals surface area contributed by atoms with Gasteiger partial charge in [-0.2, -0.15) is 5.26 Å². The van der Waals surface area contributed by atoms with Crippen molar-refractivity contribution in [2.75, 3.05) is 0 Å². The minimum atomic E-state index is -0.323. The molecule has 0 radical (unpaired) electrons. The van der Waals surface area contributed by atoms with E-state index in [-0.39, 0.29) is 5.54 Å². The maximum absolute atomic E-state index is 9.69. The summed E-state index contributed by atoms with van der Waals surface area (Å²) in [6.07, 6.45) is 9.33. The van der Waals surface area contributed by atoms with E-state index in [1.807, 2.05) is 0 Å². The summed E-state index contributed by atoms with van der Waals surface area (Å²) >= 11 is 0. The van der Waals surface area contributed by atoms with Crippen molar-refractivity contribution in [3.05, 3.63) is 35.4 Å². The first-order valence-electron chi connectivity index (χ1n) is 7.57. The molecule has 1 fully saturated rings. The summed E-state index contributed by atoms with van der Waals surface area (Å²) < 4.78 is 0. The van der Waals surface area contributed by atoms with Gasteiger partial charge in [0.1, 0.15) is 5.54 Å². The van der Waals surface area contributed by atoms with Crippen LogP contribution in [0.5, 0.6) is 0 Å². The molecule has 100 valence electrons. The first kappa shape index (κ1) is 12.7. The number of nitriles is 1. The summed E-state index contributed by atoms with van der Waals surface area (Å²) in [6.45, 7) is 0. The van der Waals surface area contributed by atoms with Gasteiger partial charge in [-0.1, -0.05) is 43.5 Å². The van der Waals surface area contributed by atoms with Gasteiger partial charge in [0.2, 0.25) is 0 Å². The maximum Gasteiger partial charge on any atom is 0.111 e. The van der Waals surface area contributed by atoms with Crippen LogP contribution in [0.1, 0.15) is 49.7 Å². The quantitative estimate of drug-likeness (QED) is 0.878. The van der Waals surface area contributed by atoms with Crippen LogP contribution in [-0.2, 0) is 12.8 Å². The number of hydrogen-bond donors (Lipinski definition) is 1. The fraction of sp³-hybridized carbons (Fsp3) is 0.588. The van der Waals surface area contributed by atoms with Crippen LogP contribution in [0, 0.1) is 11.3 Å². The van der Waals surface area contributed by atoms with Crippen molar-refractivity contribution in [2.24, 2.45) is 0 Å². The van der Waals surface area contributed by atoms with E-state index >= 15 is 0 Å². The predicted octanol–water partition coefficient (Wildman–Crippen LogP) is 3.36. The Bertz CT molecular complexity index is 482. The van der Waals surface area contributed by atoms with Gasteiger partial charge in [-0.15, -0.1) is 0 Å². The van der Waals surface area contributed by atoms with E-state index in [1.165, 1.54) is 43.2 Å². The van der Waals surface area contributed by atoms with Crippen molar-refractivity contribution in [1.82, 2.24) is 5.32 Å². The van der Waals surface area contributed by atoms with Crippen LogP contribution in [0.25, 0.3) is 0 Å². The van der Waals surface area contributed by atoms with Crippen LogP contribution in [-0.4, -0.2) is 11.6 Å². The molecule has 0 aromatic heterocycles. The second kappa shape index (κ2) is 5.35. The topological polar surface area (TPSA) is 35.8 Å². The molecule has 0 amide bonds. The maximum atomic E-state index is 9.69. The lowest BCUT2D eigenvalue weighted by Crippen LogP contribution is -2.53. The third-order valence-corrected chi connectivity index (χ3v) is 4.73. The Hall–Kier alpha value is -1.33. The van der Waals surface area contributed by atoms with E-state index in [1.54, 1.807) is 0 Å².